The second kappa shape index (κ2) is 13.6. The van der Waals surface area contributed by atoms with Gasteiger partial charge >= 0.3 is 0 Å². The average molecular weight is 582 g/mol. The van der Waals surface area contributed by atoms with Crippen LogP contribution in [0.2, 0.25) is 10.0 Å². The molecule has 0 spiro atoms. The minimum atomic E-state index is -0.398. The topological polar surface area (TPSA) is 70.2 Å². The Labute approximate surface area is 243 Å². The molecule has 6 nitrogen and oxygen atoms in total. The van der Waals surface area contributed by atoms with Gasteiger partial charge in [0.2, 0.25) is 11.8 Å². The van der Waals surface area contributed by atoms with Crippen molar-refractivity contribution >= 4 is 51.2 Å². The molecule has 0 unspecified atom stereocenters. The molecule has 4 rings (SSSR count). The number of nitrogens with one attached hydrogen (secondary N) is 2. The summed E-state index contributed by atoms with van der Waals surface area (Å²) in [5.74, 6) is 0.0198. The van der Waals surface area contributed by atoms with Crippen LogP contribution in [0, 0.1) is 5.82 Å². The monoisotopic (exact) mass is 580 g/mol. The summed E-state index contributed by atoms with van der Waals surface area (Å²) >= 11 is 13.4. The fraction of sp³-hybridized carbons (Fsp3) is 0.226. The lowest BCUT2D eigenvalue weighted by atomic mass is 9.91. The zero-order chi connectivity index (χ0) is 28.6. The van der Waals surface area contributed by atoms with Gasteiger partial charge in [0, 0.05) is 67.6 Å². The summed E-state index contributed by atoms with van der Waals surface area (Å²) in [6, 6.07) is 16.0. The molecule has 40 heavy (non-hydrogen) atoms. The molecule has 0 bridgehead atoms. The maximum atomic E-state index is 13.9. The number of rotatable bonds is 11. The van der Waals surface area contributed by atoms with E-state index >= 15 is 0 Å². The lowest BCUT2D eigenvalue weighted by molar-refractivity contribution is -0.123. The Morgan fingerprint density at radius 3 is 2.62 bits per heavy atom. The molecule has 4 aromatic rings. The minimum Gasteiger partial charge on any atom is -0.476 e. The summed E-state index contributed by atoms with van der Waals surface area (Å²) in [7, 11) is 3.42. The molecule has 0 radical (unpaired) electrons. The van der Waals surface area contributed by atoms with Crippen LogP contribution in [0.4, 0.5) is 4.39 Å². The van der Waals surface area contributed by atoms with Crippen molar-refractivity contribution < 1.29 is 13.9 Å². The van der Waals surface area contributed by atoms with E-state index in [0.29, 0.717) is 42.0 Å². The number of pyridine rings is 1. The molecule has 0 aliphatic rings. The Balaban J connectivity index is 1.60. The largest absolute Gasteiger partial charge is 0.476 e. The molecular weight excluding hydrogens is 550 g/mol. The quantitative estimate of drug-likeness (QED) is 0.148. The van der Waals surface area contributed by atoms with Crippen LogP contribution in [-0.4, -0.2) is 54.6 Å². The first kappa shape index (κ1) is 29.3. The molecule has 2 aromatic heterocycles. The molecular formula is C31H31Cl2FN4O2. The number of amides is 1. The van der Waals surface area contributed by atoms with E-state index in [1.807, 2.05) is 37.3 Å². The maximum Gasteiger partial charge on any atom is 0.245 e. The van der Waals surface area contributed by atoms with Crippen LogP contribution in [0.5, 0.6) is 5.88 Å². The Morgan fingerprint density at radius 2 is 1.95 bits per heavy atom. The number of ether oxygens (including phenoxy) is 1. The van der Waals surface area contributed by atoms with Gasteiger partial charge in [-0.2, -0.15) is 0 Å². The highest BCUT2D eigenvalue weighted by Gasteiger charge is 2.21. The van der Waals surface area contributed by atoms with Crippen molar-refractivity contribution in [2.24, 2.45) is 0 Å². The van der Waals surface area contributed by atoms with Gasteiger partial charge in [0.1, 0.15) is 12.4 Å². The molecule has 0 saturated carbocycles. The van der Waals surface area contributed by atoms with Gasteiger partial charge < -0.3 is 19.9 Å². The highest BCUT2D eigenvalue weighted by Crippen LogP contribution is 2.41. The molecule has 0 saturated heterocycles. The predicted molar refractivity (Wildman–Crippen MR) is 161 cm³/mol. The van der Waals surface area contributed by atoms with Gasteiger partial charge in [-0.15, -0.1) is 0 Å². The summed E-state index contributed by atoms with van der Waals surface area (Å²) in [5.41, 5.74) is 4.91. The van der Waals surface area contributed by atoms with Crippen LogP contribution in [0.25, 0.3) is 22.0 Å². The number of H-pyrrole nitrogens is 1. The molecule has 1 amide bonds. The molecule has 2 aromatic carbocycles. The molecule has 0 fully saturated rings. The molecule has 2 heterocycles. The number of carbonyl (C=O) groups is 1. The van der Waals surface area contributed by atoms with E-state index in [1.54, 1.807) is 38.5 Å². The Hall–Kier alpha value is -3.65. The average Bonchev–Trinajstić information content (AvgIpc) is 3.27. The summed E-state index contributed by atoms with van der Waals surface area (Å²) in [6.07, 6.45) is 5.66. The third kappa shape index (κ3) is 6.91. The number of allylic oxidation sites excluding steroid dienone is 1. The maximum absolute atomic E-state index is 13.9. The van der Waals surface area contributed by atoms with E-state index in [0.717, 1.165) is 38.9 Å². The number of fused-ring (bicyclic) bond motifs is 1. The van der Waals surface area contributed by atoms with E-state index in [1.165, 1.54) is 23.1 Å². The van der Waals surface area contributed by atoms with Crippen LogP contribution in [0.3, 0.4) is 0 Å². The summed E-state index contributed by atoms with van der Waals surface area (Å²) in [6.45, 7) is 3.57. The number of hydrogen-bond acceptors (Lipinski definition) is 4. The first-order chi connectivity index (χ1) is 19.3. The highest BCUT2D eigenvalue weighted by molar-refractivity contribution is 6.38. The normalized spacial score (nSPS) is 12.2. The van der Waals surface area contributed by atoms with E-state index in [4.69, 9.17) is 27.9 Å². The van der Waals surface area contributed by atoms with Gasteiger partial charge in [0.25, 0.3) is 0 Å². The third-order valence-corrected chi connectivity index (χ3v) is 7.03. The lowest BCUT2D eigenvalue weighted by Gasteiger charge is -2.17. The zero-order valence-corrected chi connectivity index (χ0v) is 24.1. The van der Waals surface area contributed by atoms with E-state index in [2.05, 4.69) is 15.3 Å². The van der Waals surface area contributed by atoms with Gasteiger partial charge in [0.15, 0.2) is 0 Å². The fourth-order valence-electron chi connectivity index (χ4n) is 4.32. The van der Waals surface area contributed by atoms with Crippen molar-refractivity contribution in [1.29, 1.82) is 0 Å². The van der Waals surface area contributed by atoms with Crippen LogP contribution >= 0.6 is 23.2 Å². The first-order valence-electron chi connectivity index (χ1n) is 12.9. The van der Waals surface area contributed by atoms with E-state index in [-0.39, 0.29) is 5.91 Å². The summed E-state index contributed by atoms with van der Waals surface area (Å²) in [4.78, 5) is 21.1. The molecule has 0 aliphatic carbocycles. The second-order valence-corrected chi connectivity index (χ2v) is 10.0. The minimum absolute atomic E-state index is 0.0579. The zero-order valence-electron chi connectivity index (χ0n) is 22.6. The van der Waals surface area contributed by atoms with Crippen LogP contribution < -0.4 is 10.1 Å². The van der Waals surface area contributed by atoms with Crippen molar-refractivity contribution in [3.63, 3.8) is 0 Å². The van der Waals surface area contributed by atoms with Crippen LogP contribution in [0.15, 0.2) is 72.9 Å². The molecule has 0 atom stereocenters. The number of para-hydroxylation sites is 1. The fourth-order valence-corrected chi connectivity index (χ4v) is 4.91. The Bertz CT molecular complexity index is 1540. The third-order valence-electron chi connectivity index (χ3n) is 6.32. The van der Waals surface area contributed by atoms with Crippen molar-refractivity contribution in [2.45, 2.75) is 13.3 Å². The Kier molecular flexibility index (Phi) is 9.98. The lowest BCUT2D eigenvalue weighted by Crippen LogP contribution is -2.22. The number of halogens is 3. The number of carbonyl (C=O) groups excluding carboxylic acids is 1. The van der Waals surface area contributed by atoms with E-state index in [9.17, 15) is 9.18 Å². The van der Waals surface area contributed by atoms with Crippen molar-refractivity contribution in [2.75, 3.05) is 33.8 Å². The number of hydrogen-bond donors (Lipinski definition) is 2. The predicted octanol–water partition coefficient (Wildman–Crippen LogP) is 6.99. The van der Waals surface area contributed by atoms with Crippen LogP contribution in [0.1, 0.15) is 30.2 Å². The van der Waals surface area contributed by atoms with Crippen molar-refractivity contribution in [1.82, 2.24) is 20.2 Å². The number of benzene rings is 2. The van der Waals surface area contributed by atoms with Gasteiger partial charge in [0.05, 0.1) is 15.7 Å². The second-order valence-electron chi connectivity index (χ2n) is 9.26. The van der Waals surface area contributed by atoms with E-state index < -0.39 is 5.82 Å². The standard InChI is InChI=1S/C31H31Cl2FN4O2/c1-4-22(23-13-12-21(34)18-25(23)32)29(31-30(33)24-8-5-6-9-26(24)37-31)20-11-14-27(36-19-20)40-17-16-35-15-7-10-28(39)38(2)3/h5-14,18-19,35,37H,4,15-17H2,1-3H3/b10-7+,29-22+. The molecule has 2 N–H and O–H groups in total. The van der Waals surface area contributed by atoms with Gasteiger partial charge in [-0.25, -0.2) is 9.37 Å². The molecule has 9 heteroatoms. The van der Waals surface area contributed by atoms with Crippen molar-refractivity contribution in [3.8, 4) is 5.88 Å². The van der Waals surface area contributed by atoms with Crippen molar-refractivity contribution in [3.05, 3.63) is 106 Å². The Morgan fingerprint density at radius 1 is 1.15 bits per heavy atom. The number of likely N-dealkylation sites (N-methyl/N-ethyl adjacent to an activating group) is 1. The smallest absolute Gasteiger partial charge is 0.245 e. The molecule has 0 aliphatic heterocycles. The number of nitrogens with zero attached hydrogens (tertiary/aromatic N) is 2. The van der Waals surface area contributed by atoms with Gasteiger partial charge in [-0.3, -0.25) is 4.79 Å². The number of aromatic amines is 1. The first-order valence-corrected chi connectivity index (χ1v) is 13.7. The molecule has 208 valence electrons. The highest BCUT2D eigenvalue weighted by atomic mass is 35.5. The number of aromatic nitrogens is 2. The summed E-state index contributed by atoms with van der Waals surface area (Å²) in [5, 5.41) is 5.00. The van der Waals surface area contributed by atoms with Gasteiger partial charge in [-0.1, -0.05) is 60.5 Å². The van der Waals surface area contributed by atoms with Gasteiger partial charge in [-0.05, 0) is 41.8 Å². The SMILES string of the molecule is CC/C(=C(/c1ccc(OCCNC/C=C/C(=O)N(C)C)nc1)c1[nH]c2ccccc2c1Cl)c1ccc(F)cc1Cl. The summed E-state index contributed by atoms with van der Waals surface area (Å²) < 4.78 is 19.7. The van der Waals surface area contributed by atoms with Crippen LogP contribution in [-0.2, 0) is 4.79 Å².